The fourth-order valence-corrected chi connectivity index (χ4v) is 2.25. The molecule has 0 aromatic carbocycles. The van der Waals surface area contributed by atoms with Gasteiger partial charge in [0.25, 0.3) is 0 Å². The summed E-state index contributed by atoms with van der Waals surface area (Å²) in [5.74, 6) is 0. The monoisotopic (exact) mass is 136 g/mol. The van der Waals surface area contributed by atoms with E-state index in [0.717, 1.165) is 0 Å². The predicted molar refractivity (Wildman–Crippen MR) is 35.5 cm³/mol. The quantitative estimate of drug-likeness (QED) is 0.303. The van der Waals surface area contributed by atoms with Crippen molar-refractivity contribution in [2.45, 2.75) is 19.6 Å². The topological polar surface area (TPSA) is 18.5 Å². The van der Waals surface area contributed by atoms with Gasteiger partial charge in [-0.3, -0.25) is 4.58 Å². The molecule has 2 nitrogen and oxygen atoms in total. The zero-order chi connectivity index (χ0) is 5.91. The fraction of sp³-hybridized carbons (Fsp3) is 1.00. The lowest BCUT2D eigenvalue weighted by atomic mass is 11.8. The summed E-state index contributed by atoms with van der Waals surface area (Å²) in [7, 11) is -0.662. The first-order valence-corrected chi connectivity index (χ1v) is 6.50. The van der Waals surface area contributed by atoms with Crippen molar-refractivity contribution in [3.8, 4) is 0 Å². The summed E-state index contributed by atoms with van der Waals surface area (Å²) in [6, 6.07) is 0. The molecule has 0 spiro atoms. The molecule has 0 aromatic rings. The van der Waals surface area contributed by atoms with E-state index < -0.39 is 8.32 Å². The van der Waals surface area contributed by atoms with Crippen LogP contribution in [0.25, 0.3) is 0 Å². The maximum Gasteiger partial charge on any atom is 0.228 e. The Morgan fingerprint density at radius 1 is 1.29 bits per heavy atom. The van der Waals surface area contributed by atoms with Crippen molar-refractivity contribution in [1.29, 1.82) is 0 Å². The molecule has 0 N–H and O–H groups in total. The number of hydrogen-bond donors (Lipinski definition) is 0. The van der Waals surface area contributed by atoms with E-state index in [9.17, 15) is 0 Å². The minimum absolute atomic E-state index is 0.682. The second-order valence-corrected chi connectivity index (χ2v) is 7.09. The molecule has 0 radical (unpaired) electrons. The Bertz CT molecular complexity index is 49.4. The van der Waals surface area contributed by atoms with Crippen molar-refractivity contribution in [2.75, 3.05) is 0 Å². The lowest BCUT2D eigenvalue weighted by Crippen LogP contribution is -2.24. The van der Waals surface area contributed by atoms with Crippen LogP contribution in [0.4, 0.5) is 0 Å². The van der Waals surface area contributed by atoms with Gasteiger partial charge in [-0.2, -0.15) is 0 Å². The van der Waals surface area contributed by atoms with Gasteiger partial charge in [0.15, 0.2) is 10.5 Å². The Morgan fingerprint density at radius 2 is 1.71 bits per heavy atom. The Hall–Kier alpha value is 0.354. The maximum absolute atomic E-state index is 4.93. The molecule has 44 valence electrons. The Balaban J connectivity index is 3.15. The molecule has 0 rings (SSSR count). The zero-order valence-electron chi connectivity index (χ0n) is 5.32. The molecule has 0 aliphatic rings. The van der Waals surface area contributed by atoms with Crippen LogP contribution >= 0.6 is 0 Å². The Morgan fingerprint density at radius 3 is 1.71 bits per heavy atom. The van der Waals surface area contributed by atoms with Gasteiger partial charge in [0.05, 0.1) is 0 Å². The van der Waals surface area contributed by atoms with Crippen molar-refractivity contribution in [3.05, 3.63) is 0 Å². The molecule has 0 unspecified atom stereocenters. The first-order chi connectivity index (χ1) is 3.06. The van der Waals surface area contributed by atoms with Crippen LogP contribution in [-0.4, -0.2) is 18.8 Å². The minimum atomic E-state index is -1.34. The summed E-state index contributed by atoms with van der Waals surface area (Å²) in [6.07, 6.45) is 0. The molecular weight excluding hydrogens is 124 g/mol. The summed E-state index contributed by atoms with van der Waals surface area (Å²) in [5.41, 5.74) is 0. The smallest absolute Gasteiger partial charge is 0.228 e. The van der Waals surface area contributed by atoms with Crippen LogP contribution in [0.3, 0.4) is 0 Å². The van der Waals surface area contributed by atoms with E-state index in [1.54, 1.807) is 0 Å². The van der Waals surface area contributed by atoms with Gasteiger partial charge in [-0.05, 0) is 19.6 Å². The average Bonchev–Trinajstić information content (AvgIpc) is 1.30. The van der Waals surface area contributed by atoms with Gasteiger partial charge in [0, 0.05) is 0 Å². The highest BCUT2D eigenvalue weighted by atomic mass is 28.4. The molecule has 0 aliphatic carbocycles. The number of hydrogen-bond acceptors (Lipinski definition) is 2. The third-order valence-corrected chi connectivity index (χ3v) is 1.50. The van der Waals surface area contributed by atoms with Crippen LogP contribution < -0.4 is 0 Å². The third-order valence-electron chi connectivity index (χ3n) is 0.333. The van der Waals surface area contributed by atoms with Gasteiger partial charge in [-0.15, -0.1) is 0 Å². The highest BCUT2D eigenvalue weighted by molar-refractivity contribution is 6.69. The van der Waals surface area contributed by atoms with Crippen molar-refractivity contribution in [3.63, 3.8) is 0 Å². The van der Waals surface area contributed by atoms with E-state index in [1.165, 1.54) is 0 Å². The normalized spacial score (nSPS) is 12.4. The minimum Gasteiger partial charge on any atom is -0.310 e. The molecule has 0 atom stereocenters. The van der Waals surface area contributed by atoms with E-state index in [1.807, 2.05) is 0 Å². The lowest BCUT2D eigenvalue weighted by Gasteiger charge is -2.12. The molecule has 0 saturated heterocycles. The molecule has 0 aromatic heterocycles. The third kappa shape index (κ3) is 6.35. The van der Waals surface area contributed by atoms with Crippen LogP contribution in [0.15, 0.2) is 0 Å². The molecule has 7 heavy (non-hydrogen) atoms. The van der Waals surface area contributed by atoms with Gasteiger partial charge < -0.3 is 4.58 Å². The standard InChI is InChI=1S/C3H12O2Si2/c1-7(2,3)5-4-6/h1-3,6H3. The van der Waals surface area contributed by atoms with E-state index in [0.29, 0.717) is 10.5 Å². The fourth-order valence-electron chi connectivity index (χ4n) is 0.250. The largest absolute Gasteiger partial charge is 0.310 e. The highest BCUT2D eigenvalue weighted by Crippen LogP contribution is 2.00. The zero-order valence-corrected chi connectivity index (χ0v) is 8.32. The molecule has 0 saturated carbocycles. The first-order valence-electron chi connectivity index (χ1n) is 2.28. The summed E-state index contributed by atoms with van der Waals surface area (Å²) < 4.78 is 9.54. The predicted octanol–water partition coefficient (Wildman–Crippen LogP) is 0.0499. The molecule has 0 bridgehead atoms. The van der Waals surface area contributed by atoms with Gasteiger partial charge in [0.1, 0.15) is 0 Å². The van der Waals surface area contributed by atoms with Crippen molar-refractivity contribution in [2.24, 2.45) is 0 Å². The molecule has 0 aliphatic heterocycles. The molecule has 0 fully saturated rings. The van der Waals surface area contributed by atoms with Gasteiger partial charge in [0.2, 0.25) is 8.32 Å². The second kappa shape index (κ2) is 2.61. The van der Waals surface area contributed by atoms with Gasteiger partial charge in [-0.25, -0.2) is 0 Å². The summed E-state index contributed by atoms with van der Waals surface area (Å²) in [5, 5.41) is 0. The molecular formula is C3H12O2Si2. The SMILES string of the molecule is C[Si](C)(C)OO[SiH3]. The van der Waals surface area contributed by atoms with E-state index in [-0.39, 0.29) is 0 Å². The van der Waals surface area contributed by atoms with Crippen molar-refractivity contribution < 1.29 is 9.15 Å². The van der Waals surface area contributed by atoms with Crippen molar-refractivity contribution >= 4 is 18.8 Å². The maximum atomic E-state index is 4.93. The lowest BCUT2D eigenvalue weighted by molar-refractivity contribution is -0.105. The summed E-state index contributed by atoms with van der Waals surface area (Å²) in [4.78, 5) is 0. The first kappa shape index (κ1) is 7.35. The van der Waals surface area contributed by atoms with E-state index in [2.05, 4.69) is 24.2 Å². The van der Waals surface area contributed by atoms with Crippen LogP contribution in [-0.2, 0) is 9.15 Å². The van der Waals surface area contributed by atoms with Crippen LogP contribution in [0.1, 0.15) is 0 Å². The van der Waals surface area contributed by atoms with Crippen LogP contribution in [0, 0.1) is 0 Å². The average molecular weight is 136 g/mol. The summed E-state index contributed by atoms with van der Waals surface area (Å²) in [6.45, 7) is 6.26. The van der Waals surface area contributed by atoms with Crippen LogP contribution in [0.5, 0.6) is 0 Å². The highest BCUT2D eigenvalue weighted by Gasteiger charge is 2.13. The van der Waals surface area contributed by atoms with Gasteiger partial charge in [-0.1, -0.05) is 0 Å². The van der Waals surface area contributed by atoms with E-state index >= 15 is 0 Å². The molecule has 0 heterocycles. The Labute approximate surface area is 48.4 Å². The molecule has 0 amide bonds. The molecule has 4 heteroatoms. The Kier molecular flexibility index (Phi) is 2.74. The van der Waals surface area contributed by atoms with Crippen molar-refractivity contribution in [1.82, 2.24) is 0 Å². The van der Waals surface area contributed by atoms with Gasteiger partial charge >= 0.3 is 0 Å². The van der Waals surface area contributed by atoms with Crippen LogP contribution in [0.2, 0.25) is 19.6 Å². The summed E-state index contributed by atoms with van der Waals surface area (Å²) >= 11 is 0. The number of rotatable bonds is 2. The van der Waals surface area contributed by atoms with E-state index in [4.69, 9.17) is 4.58 Å². The second-order valence-electron chi connectivity index (χ2n) is 2.36.